The summed E-state index contributed by atoms with van der Waals surface area (Å²) < 4.78 is 0. The molecule has 1 saturated heterocycles. The number of pyridine rings is 1. The molecule has 30 heavy (non-hydrogen) atoms. The molecule has 8 heteroatoms. The number of rotatable bonds is 5. The number of anilines is 2. The van der Waals surface area contributed by atoms with Gasteiger partial charge in [-0.05, 0) is 24.6 Å². The minimum absolute atomic E-state index is 0.00801. The molecule has 4 rings (SSSR count). The van der Waals surface area contributed by atoms with Crippen molar-refractivity contribution in [2.75, 3.05) is 36.0 Å². The lowest BCUT2D eigenvalue weighted by Crippen LogP contribution is -2.48. The molecule has 2 aromatic heterocycles. The standard InChI is InChI=1S/C22H24N6O2/c1-16(17-7-3-2-4-8-17)25-20(29)18-15-24-22(26-21(18)30)28-13-11-27(12-14-28)19-9-5-6-10-23-19/h2-10,15-16H,11-14H2,1H3,(H,25,29)(H,24,26,30). The Morgan fingerprint density at radius 1 is 1.00 bits per heavy atom. The predicted molar refractivity (Wildman–Crippen MR) is 116 cm³/mol. The molecule has 1 atom stereocenters. The van der Waals surface area contributed by atoms with E-state index in [1.807, 2.05) is 60.4 Å². The van der Waals surface area contributed by atoms with E-state index >= 15 is 0 Å². The molecular weight excluding hydrogens is 380 g/mol. The molecule has 8 nitrogen and oxygen atoms in total. The third-order valence-corrected chi connectivity index (χ3v) is 5.23. The first-order valence-electron chi connectivity index (χ1n) is 9.98. The number of nitrogens with one attached hydrogen (secondary N) is 2. The summed E-state index contributed by atoms with van der Waals surface area (Å²) in [6.45, 7) is 4.84. The molecule has 1 aromatic carbocycles. The molecule has 2 N–H and O–H groups in total. The maximum atomic E-state index is 12.5. The van der Waals surface area contributed by atoms with Crippen LogP contribution in [0.5, 0.6) is 0 Å². The van der Waals surface area contributed by atoms with E-state index in [1.165, 1.54) is 6.20 Å². The van der Waals surface area contributed by atoms with Crippen molar-refractivity contribution >= 4 is 17.7 Å². The lowest BCUT2D eigenvalue weighted by molar-refractivity contribution is 0.0938. The van der Waals surface area contributed by atoms with Gasteiger partial charge in [0.1, 0.15) is 11.4 Å². The van der Waals surface area contributed by atoms with Crippen molar-refractivity contribution < 1.29 is 4.79 Å². The van der Waals surface area contributed by atoms with Crippen LogP contribution in [0.4, 0.5) is 11.8 Å². The SMILES string of the molecule is CC(NC(=O)c1cnc(N2CCN(c3ccccn3)CC2)[nH]c1=O)c1ccccc1. The van der Waals surface area contributed by atoms with E-state index in [2.05, 4.69) is 25.2 Å². The fraction of sp³-hybridized carbons (Fsp3) is 0.273. The van der Waals surface area contributed by atoms with Crippen LogP contribution in [-0.2, 0) is 0 Å². The molecule has 154 valence electrons. The van der Waals surface area contributed by atoms with Gasteiger partial charge in [-0.1, -0.05) is 36.4 Å². The van der Waals surface area contributed by atoms with Gasteiger partial charge < -0.3 is 15.1 Å². The summed E-state index contributed by atoms with van der Waals surface area (Å²) in [6, 6.07) is 15.2. The van der Waals surface area contributed by atoms with E-state index in [4.69, 9.17) is 0 Å². The maximum absolute atomic E-state index is 12.5. The highest BCUT2D eigenvalue weighted by atomic mass is 16.2. The first-order chi connectivity index (χ1) is 14.6. The van der Waals surface area contributed by atoms with E-state index in [1.54, 1.807) is 6.20 Å². The minimum Gasteiger partial charge on any atom is -0.353 e. The number of hydrogen-bond acceptors (Lipinski definition) is 6. The van der Waals surface area contributed by atoms with Gasteiger partial charge in [0.2, 0.25) is 5.95 Å². The zero-order valence-corrected chi connectivity index (χ0v) is 16.8. The number of H-pyrrole nitrogens is 1. The van der Waals surface area contributed by atoms with Gasteiger partial charge in [0.05, 0.1) is 6.04 Å². The molecule has 1 aliphatic rings. The molecule has 1 aliphatic heterocycles. The number of aromatic nitrogens is 3. The molecule has 3 heterocycles. The number of amides is 1. The van der Waals surface area contributed by atoms with Crippen LogP contribution in [0.15, 0.2) is 65.7 Å². The molecule has 0 saturated carbocycles. The lowest BCUT2D eigenvalue weighted by atomic mass is 10.1. The van der Waals surface area contributed by atoms with Gasteiger partial charge in [0.15, 0.2) is 0 Å². The highest BCUT2D eigenvalue weighted by Crippen LogP contribution is 2.15. The van der Waals surface area contributed by atoms with E-state index in [0.29, 0.717) is 19.0 Å². The summed E-state index contributed by atoms with van der Waals surface area (Å²) in [5, 5.41) is 2.85. The summed E-state index contributed by atoms with van der Waals surface area (Å²) in [4.78, 5) is 40.7. The average molecular weight is 404 g/mol. The van der Waals surface area contributed by atoms with Crippen molar-refractivity contribution in [3.05, 3.63) is 82.4 Å². The molecule has 3 aromatic rings. The molecule has 0 radical (unpaired) electrons. The van der Waals surface area contributed by atoms with E-state index in [9.17, 15) is 9.59 Å². The van der Waals surface area contributed by atoms with Crippen LogP contribution in [0.25, 0.3) is 0 Å². The van der Waals surface area contributed by atoms with E-state index in [-0.39, 0.29) is 11.6 Å². The van der Waals surface area contributed by atoms with Gasteiger partial charge in [-0.25, -0.2) is 9.97 Å². The van der Waals surface area contributed by atoms with Crippen LogP contribution in [0.2, 0.25) is 0 Å². The first-order valence-corrected chi connectivity index (χ1v) is 9.98. The first kappa shape index (κ1) is 19.6. The fourth-order valence-corrected chi connectivity index (χ4v) is 3.50. The Kier molecular flexibility index (Phi) is 5.74. The summed E-state index contributed by atoms with van der Waals surface area (Å²) in [7, 11) is 0. The van der Waals surface area contributed by atoms with Gasteiger partial charge in [0, 0.05) is 38.6 Å². The van der Waals surface area contributed by atoms with Gasteiger partial charge in [-0.2, -0.15) is 0 Å². The van der Waals surface area contributed by atoms with Crippen molar-refractivity contribution in [3.8, 4) is 0 Å². The Hall–Kier alpha value is -3.68. The smallest absolute Gasteiger partial charge is 0.265 e. The number of nitrogens with zero attached hydrogens (tertiary/aromatic N) is 4. The Balaban J connectivity index is 1.40. The number of aromatic amines is 1. The third kappa shape index (κ3) is 4.32. The average Bonchev–Trinajstić information content (AvgIpc) is 2.80. The van der Waals surface area contributed by atoms with Crippen molar-refractivity contribution in [2.24, 2.45) is 0 Å². The highest BCUT2D eigenvalue weighted by molar-refractivity contribution is 5.93. The topological polar surface area (TPSA) is 94.2 Å². The predicted octanol–water partition coefficient (Wildman–Crippen LogP) is 1.98. The normalized spacial score (nSPS) is 15.0. The molecule has 1 amide bonds. The Bertz CT molecular complexity index is 1050. The van der Waals surface area contributed by atoms with Gasteiger partial charge >= 0.3 is 0 Å². The number of carbonyl (C=O) groups excluding carboxylic acids is 1. The zero-order valence-electron chi connectivity index (χ0n) is 16.8. The van der Waals surface area contributed by atoms with Crippen molar-refractivity contribution in [1.29, 1.82) is 0 Å². The van der Waals surface area contributed by atoms with Gasteiger partial charge in [-0.3, -0.25) is 14.6 Å². The molecule has 1 unspecified atom stereocenters. The summed E-state index contributed by atoms with van der Waals surface area (Å²) in [5.41, 5.74) is 0.538. The summed E-state index contributed by atoms with van der Waals surface area (Å²) >= 11 is 0. The van der Waals surface area contributed by atoms with Crippen molar-refractivity contribution in [2.45, 2.75) is 13.0 Å². The fourth-order valence-electron chi connectivity index (χ4n) is 3.50. The second-order valence-electron chi connectivity index (χ2n) is 7.22. The largest absolute Gasteiger partial charge is 0.353 e. The van der Waals surface area contributed by atoms with Crippen LogP contribution < -0.4 is 20.7 Å². The van der Waals surface area contributed by atoms with Crippen molar-refractivity contribution in [1.82, 2.24) is 20.3 Å². The Labute approximate surface area is 174 Å². The van der Waals surface area contributed by atoms with E-state index < -0.39 is 11.5 Å². The maximum Gasteiger partial charge on any atom is 0.265 e. The highest BCUT2D eigenvalue weighted by Gasteiger charge is 2.21. The summed E-state index contributed by atoms with van der Waals surface area (Å²) in [6.07, 6.45) is 3.13. The molecule has 1 fully saturated rings. The molecule has 0 bridgehead atoms. The molecular formula is C22H24N6O2. The number of carbonyl (C=O) groups is 1. The van der Waals surface area contributed by atoms with E-state index in [0.717, 1.165) is 24.5 Å². The number of piperazine rings is 1. The zero-order chi connectivity index (χ0) is 20.9. The lowest BCUT2D eigenvalue weighted by Gasteiger charge is -2.35. The molecule has 0 spiro atoms. The van der Waals surface area contributed by atoms with Crippen LogP contribution in [0, 0.1) is 0 Å². The van der Waals surface area contributed by atoms with Gasteiger partial charge in [0.25, 0.3) is 11.5 Å². The van der Waals surface area contributed by atoms with Crippen molar-refractivity contribution in [3.63, 3.8) is 0 Å². The second-order valence-corrected chi connectivity index (χ2v) is 7.22. The second kappa shape index (κ2) is 8.77. The van der Waals surface area contributed by atoms with Crippen LogP contribution >= 0.6 is 0 Å². The quantitative estimate of drug-likeness (QED) is 0.675. The third-order valence-electron chi connectivity index (χ3n) is 5.23. The monoisotopic (exact) mass is 404 g/mol. The van der Waals surface area contributed by atoms with Crippen LogP contribution in [-0.4, -0.2) is 47.0 Å². The molecule has 0 aliphatic carbocycles. The number of benzene rings is 1. The van der Waals surface area contributed by atoms with Crippen LogP contribution in [0.1, 0.15) is 28.9 Å². The Morgan fingerprint density at radius 3 is 2.37 bits per heavy atom. The van der Waals surface area contributed by atoms with Crippen LogP contribution in [0.3, 0.4) is 0 Å². The van der Waals surface area contributed by atoms with Gasteiger partial charge in [-0.15, -0.1) is 0 Å². The summed E-state index contributed by atoms with van der Waals surface area (Å²) in [5.74, 6) is 0.984. The number of hydrogen-bond donors (Lipinski definition) is 2. The Morgan fingerprint density at radius 2 is 1.70 bits per heavy atom. The minimum atomic E-state index is -0.440.